The Morgan fingerprint density at radius 1 is 1.04 bits per heavy atom. The molecule has 24 heavy (non-hydrogen) atoms. The zero-order chi connectivity index (χ0) is 17.0. The van der Waals surface area contributed by atoms with Crippen LogP contribution in [0.1, 0.15) is 13.8 Å². The van der Waals surface area contributed by atoms with Gasteiger partial charge < -0.3 is 15.4 Å². The van der Waals surface area contributed by atoms with Crippen molar-refractivity contribution in [3.05, 3.63) is 48.5 Å². The van der Waals surface area contributed by atoms with Crippen molar-refractivity contribution in [1.82, 2.24) is 5.32 Å². The number of hydrogen-bond acceptors (Lipinski definition) is 5. The predicted octanol–water partition coefficient (Wildman–Crippen LogP) is 4.24. The summed E-state index contributed by atoms with van der Waals surface area (Å²) in [6.07, 6.45) is 0. The van der Waals surface area contributed by atoms with E-state index in [2.05, 4.69) is 65.9 Å². The molecule has 2 N–H and O–H groups in total. The monoisotopic (exact) mass is 341 g/mol. The Morgan fingerprint density at radius 3 is 2.21 bits per heavy atom. The maximum Gasteiger partial charge on any atom is 0.195 e. The number of anilines is 1. The molecule has 0 aliphatic carbocycles. The largest absolute Gasteiger partial charge is 0.497 e. The molecule has 0 radical (unpaired) electrons. The van der Waals surface area contributed by atoms with Crippen LogP contribution in [0.15, 0.2) is 63.3 Å². The molecule has 126 valence electrons. The molecule has 0 unspecified atom stereocenters. The molecule has 1 aliphatic heterocycles. The van der Waals surface area contributed by atoms with Gasteiger partial charge in [0.2, 0.25) is 0 Å². The SMILES string of the molecule is COc1ccc(Sc2ccc(NC3=NCC(C)(C)CN3)cc2)cc1. The van der Waals surface area contributed by atoms with Crippen LogP contribution in [0.25, 0.3) is 0 Å². The number of aliphatic imine (C=N–C) groups is 1. The summed E-state index contributed by atoms with van der Waals surface area (Å²) in [7, 11) is 1.68. The van der Waals surface area contributed by atoms with Gasteiger partial charge in [-0.2, -0.15) is 0 Å². The van der Waals surface area contributed by atoms with Gasteiger partial charge in [-0.3, -0.25) is 4.99 Å². The Bertz CT molecular complexity index is 708. The summed E-state index contributed by atoms with van der Waals surface area (Å²) in [5, 5.41) is 6.68. The van der Waals surface area contributed by atoms with E-state index in [4.69, 9.17) is 4.74 Å². The van der Waals surface area contributed by atoms with Crippen LogP contribution in [0, 0.1) is 5.41 Å². The van der Waals surface area contributed by atoms with E-state index in [-0.39, 0.29) is 5.41 Å². The van der Waals surface area contributed by atoms with Crippen LogP contribution in [0.4, 0.5) is 5.69 Å². The van der Waals surface area contributed by atoms with Gasteiger partial charge in [-0.05, 0) is 48.5 Å². The average molecular weight is 341 g/mol. The topological polar surface area (TPSA) is 45.6 Å². The highest BCUT2D eigenvalue weighted by Gasteiger charge is 2.22. The van der Waals surface area contributed by atoms with Gasteiger partial charge in [0.15, 0.2) is 5.96 Å². The molecular weight excluding hydrogens is 318 g/mol. The minimum absolute atomic E-state index is 0.226. The lowest BCUT2D eigenvalue weighted by atomic mass is 9.93. The van der Waals surface area contributed by atoms with Gasteiger partial charge in [-0.1, -0.05) is 25.6 Å². The van der Waals surface area contributed by atoms with Gasteiger partial charge in [0.05, 0.1) is 7.11 Å². The summed E-state index contributed by atoms with van der Waals surface area (Å²) in [5.41, 5.74) is 1.27. The predicted molar refractivity (Wildman–Crippen MR) is 101 cm³/mol. The molecule has 0 saturated heterocycles. The van der Waals surface area contributed by atoms with Crippen LogP contribution in [0.5, 0.6) is 5.75 Å². The highest BCUT2D eigenvalue weighted by atomic mass is 32.2. The van der Waals surface area contributed by atoms with Gasteiger partial charge in [0.1, 0.15) is 5.75 Å². The molecule has 1 aliphatic rings. The fourth-order valence-corrected chi connectivity index (χ4v) is 3.15. The molecule has 0 saturated carbocycles. The lowest BCUT2D eigenvalue weighted by Crippen LogP contribution is -2.44. The van der Waals surface area contributed by atoms with E-state index < -0.39 is 0 Å². The fourth-order valence-electron chi connectivity index (χ4n) is 2.33. The van der Waals surface area contributed by atoms with Crippen LogP contribution in [-0.2, 0) is 0 Å². The van der Waals surface area contributed by atoms with Gasteiger partial charge >= 0.3 is 0 Å². The number of nitrogens with one attached hydrogen (secondary N) is 2. The number of methoxy groups -OCH3 is 1. The summed E-state index contributed by atoms with van der Waals surface area (Å²) in [4.78, 5) is 6.95. The Labute approximate surface area is 147 Å². The van der Waals surface area contributed by atoms with Crippen molar-refractivity contribution < 1.29 is 4.74 Å². The molecule has 3 rings (SSSR count). The highest BCUT2D eigenvalue weighted by molar-refractivity contribution is 7.99. The van der Waals surface area contributed by atoms with Crippen molar-refractivity contribution in [2.75, 3.05) is 25.5 Å². The highest BCUT2D eigenvalue weighted by Crippen LogP contribution is 2.29. The Hall–Kier alpha value is -2.14. The van der Waals surface area contributed by atoms with E-state index >= 15 is 0 Å². The number of ether oxygens (including phenoxy) is 1. The van der Waals surface area contributed by atoms with Gasteiger partial charge in [-0.15, -0.1) is 0 Å². The molecule has 0 spiro atoms. The molecule has 5 heteroatoms. The molecule has 2 aromatic carbocycles. The Kier molecular flexibility index (Phi) is 5.00. The molecule has 4 nitrogen and oxygen atoms in total. The summed E-state index contributed by atoms with van der Waals surface area (Å²) >= 11 is 1.73. The standard InChI is InChI=1S/C19H23N3OS/c1-19(2)12-20-18(21-13-19)22-14-4-8-16(9-5-14)24-17-10-6-15(23-3)7-11-17/h4-11H,12-13H2,1-3H3,(H2,20,21,22). The first-order valence-electron chi connectivity index (χ1n) is 8.01. The van der Waals surface area contributed by atoms with Gasteiger partial charge in [-0.25, -0.2) is 0 Å². The van der Waals surface area contributed by atoms with Crippen LogP contribution >= 0.6 is 11.8 Å². The van der Waals surface area contributed by atoms with Crippen molar-refractivity contribution in [2.24, 2.45) is 10.4 Å². The fraction of sp³-hybridized carbons (Fsp3) is 0.316. The quantitative estimate of drug-likeness (QED) is 0.873. The maximum atomic E-state index is 5.19. The zero-order valence-corrected chi connectivity index (χ0v) is 15.1. The summed E-state index contributed by atoms with van der Waals surface area (Å²) < 4.78 is 5.19. The van der Waals surface area contributed by atoms with E-state index in [0.717, 1.165) is 30.5 Å². The van der Waals surface area contributed by atoms with Crippen LogP contribution in [0.2, 0.25) is 0 Å². The first-order valence-corrected chi connectivity index (χ1v) is 8.83. The summed E-state index contributed by atoms with van der Waals surface area (Å²) in [5.74, 6) is 1.73. The lowest BCUT2D eigenvalue weighted by molar-refractivity contribution is 0.362. The first-order chi connectivity index (χ1) is 11.5. The minimum atomic E-state index is 0.226. The van der Waals surface area contributed by atoms with E-state index in [0.29, 0.717) is 0 Å². The molecule has 0 bridgehead atoms. The number of rotatable bonds is 4. The Balaban J connectivity index is 1.60. The zero-order valence-electron chi connectivity index (χ0n) is 14.3. The molecule has 1 heterocycles. The van der Waals surface area contributed by atoms with Crippen LogP contribution in [0.3, 0.4) is 0 Å². The van der Waals surface area contributed by atoms with Crippen molar-refractivity contribution >= 4 is 23.4 Å². The molecule has 0 amide bonds. The second-order valence-corrected chi connectivity index (χ2v) is 7.76. The van der Waals surface area contributed by atoms with Crippen molar-refractivity contribution in [1.29, 1.82) is 0 Å². The number of benzene rings is 2. The Morgan fingerprint density at radius 2 is 1.67 bits per heavy atom. The van der Waals surface area contributed by atoms with Crippen LogP contribution in [-0.4, -0.2) is 26.2 Å². The third-order valence-electron chi connectivity index (χ3n) is 3.81. The second-order valence-electron chi connectivity index (χ2n) is 6.61. The molecule has 2 aromatic rings. The van der Waals surface area contributed by atoms with E-state index in [1.807, 2.05) is 12.1 Å². The average Bonchev–Trinajstić information content (AvgIpc) is 2.59. The normalized spacial score (nSPS) is 16.0. The smallest absolute Gasteiger partial charge is 0.195 e. The third-order valence-corrected chi connectivity index (χ3v) is 4.83. The van der Waals surface area contributed by atoms with Crippen molar-refractivity contribution in [2.45, 2.75) is 23.6 Å². The second kappa shape index (κ2) is 7.18. The summed E-state index contributed by atoms with van der Waals surface area (Å²) in [6.45, 7) is 6.20. The number of guanidine groups is 1. The minimum Gasteiger partial charge on any atom is -0.497 e. The van der Waals surface area contributed by atoms with E-state index in [1.165, 1.54) is 9.79 Å². The molecular formula is C19H23N3OS. The van der Waals surface area contributed by atoms with Crippen LogP contribution < -0.4 is 15.4 Å². The molecule has 0 atom stereocenters. The molecule has 0 fully saturated rings. The van der Waals surface area contributed by atoms with Gasteiger partial charge in [0, 0.05) is 34.0 Å². The van der Waals surface area contributed by atoms with E-state index in [1.54, 1.807) is 18.9 Å². The van der Waals surface area contributed by atoms with Gasteiger partial charge in [0.25, 0.3) is 0 Å². The summed E-state index contributed by atoms with van der Waals surface area (Å²) in [6, 6.07) is 16.5. The number of nitrogens with zero attached hydrogens (tertiary/aromatic N) is 1. The first kappa shape index (κ1) is 16.7. The maximum absolute atomic E-state index is 5.19. The van der Waals surface area contributed by atoms with E-state index in [9.17, 15) is 0 Å². The van der Waals surface area contributed by atoms with Crippen molar-refractivity contribution in [3.8, 4) is 5.75 Å². The molecule has 0 aromatic heterocycles. The lowest BCUT2D eigenvalue weighted by Gasteiger charge is -2.29. The third kappa shape index (κ3) is 4.45. The number of hydrogen-bond donors (Lipinski definition) is 2. The van der Waals surface area contributed by atoms with Crippen molar-refractivity contribution in [3.63, 3.8) is 0 Å².